The van der Waals surface area contributed by atoms with Gasteiger partial charge in [0.15, 0.2) is 0 Å². The van der Waals surface area contributed by atoms with E-state index >= 15 is 0 Å². The number of fused-ring (bicyclic) bond motifs is 9. The highest BCUT2D eigenvalue weighted by atomic mass is 16.6. The molecule has 0 saturated heterocycles. The molecule has 4 bridgehead atoms. The van der Waals surface area contributed by atoms with E-state index < -0.39 is 0 Å². The van der Waals surface area contributed by atoms with Gasteiger partial charge >= 0.3 is 5.97 Å². The molecule has 0 aromatic rings. The van der Waals surface area contributed by atoms with E-state index in [9.17, 15) is 4.79 Å². The lowest BCUT2D eigenvalue weighted by molar-refractivity contribution is -0.175. The van der Waals surface area contributed by atoms with E-state index in [0.717, 1.165) is 48.9 Å². The zero-order valence-corrected chi connectivity index (χ0v) is 13.9. The predicted octanol–water partition coefficient (Wildman–Crippen LogP) is 4.35. The van der Waals surface area contributed by atoms with E-state index in [0.29, 0.717) is 5.92 Å². The molecule has 4 saturated carbocycles. The molecule has 2 nitrogen and oxygen atoms in total. The Labute approximate surface area is 133 Å². The Morgan fingerprint density at radius 1 is 1.05 bits per heavy atom. The van der Waals surface area contributed by atoms with Crippen molar-refractivity contribution < 1.29 is 9.53 Å². The van der Waals surface area contributed by atoms with Crippen molar-refractivity contribution in [1.82, 2.24) is 0 Å². The Bertz CT molecular complexity index is 544. The minimum atomic E-state index is -0.199. The van der Waals surface area contributed by atoms with Crippen molar-refractivity contribution in [3.63, 3.8) is 0 Å². The van der Waals surface area contributed by atoms with Gasteiger partial charge in [0, 0.05) is 0 Å². The quantitative estimate of drug-likeness (QED) is 0.430. The molecule has 0 aromatic carbocycles. The number of carbonyl (C=O) groups excluding carboxylic acids is 1. The lowest BCUT2D eigenvalue weighted by Gasteiger charge is -2.43. The molecule has 0 amide bonds. The molecule has 0 spiro atoms. The van der Waals surface area contributed by atoms with Gasteiger partial charge < -0.3 is 4.74 Å². The van der Waals surface area contributed by atoms with Crippen molar-refractivity contribution in [3.8, 4) is 0 Å². The Hall–Kier alpha value is -0.790. The SMILES string of the molecule is CC1(OC(=O)C2(C)CC3CC2C2C4C=CC(C4)C32)CCCC1. The zero-order chi connectivity index (χ0) is 15.1. The second-order valence-corrected chi connectivity index (χ2v) is 9.37. The maximum Gasteiger partial charge on any atom is 0.312 e. The van der Waals surface area contributed by atoms with E-state index in [4.69, 9.17) is 4.74 Å². The molecule has 0 aromatic heterocycles. The molecule has 120 valence electrons. The third kappa shape index (κ3) is 1.59. The molecule has 4 fully saturated rings. The van der Waals surface area contributed by atoms with Crippen LogP contribution in [0.3, 0.4) is 0 Å². The number of carbonyl (C=O) groups is 1. The number of rotatable bonds is 2. The fourth-order valence-corrected chi connectivity index (χ4v) is 7.17. The first-order chi connectivity index (χ1) is 10.5. The molecule has 0 aliphatic heterocycles. The molecule has 0 radical (unpaired) electrons. The summed E-state index contributed by atoms with van der Waals surface area (Å²) in [5, 5.41) is 0. The first kappa shape index (κ1) is 13.6. The summed E-state index contributed by atoms with van der Waals surface area (Å²) < 4.78 is 6.11. The van der Waals surface area contributed by atoms with Crippen LogP contribution >= 0.6 is 0 Å². The third-order valence-electron chi connectivity index (χ3n) is 8.12. The van der Waals surface area contributed by atoms with Crippen molar-refractivity contribution in [3.05, 3.63) is 12.2 Å². The fraction of sp³-hybridized carbons (Fsp3) is 0.850. The molecular formula is C20H28O2. The van der Waals surface area contributed by atoms with Crippen molar-refractivity contribution in [2.24, 2.45) is 40.9 Å². The number of ether oxygens (including phenoxy) is 1. The van der Waals surface area contributed by atoms with Crippen LogP contribution in [0.2, 0.25) is 0 Å². The van der Waals surface area contributed by atoms with Crippen LogP contribution in [-0.4, -0.2) is 11.6 Å². The normalized spacial score (nSPS) is 53.2. The monoisotopic (exact) mass is 300 g/mol. The number of allylic oxidation sites excluding steroid dienone is 2. The molecule has 7 unspecified atom stereocenters. The minimum absolute atomic E-state index is 0.134. The van der Waals surface area contributed by atoms with Crippen LogP contribution in [0.1, 0.15) is 58.8 Å². The van der Waals surface area contributed by atoms with Crippen molar-refractivity contribution in [1.29, 1.82) is 0 Å². The Morgan fingerprint density at radius 3 is 2.45 bits per heavy atom. The number of hydrogen-bond acceptors (Lipinski definition) is 2. The standard InChI is InChI=1S/C20H28O2/c1-19(7-3-4-8-19)22-18(21)20(2)11-14-10-15(20)17-13-6-5-12(9-13)16(14)17/h5-6,12-17H,3-4,7-11H2,1-2H3. The molecule has 7 atom stereocenters. The average molecular weight is 300 g/mol. The van der Waals surface area contributed by atoms with Gasteiger partial charge in [0.05, 0.1) is 5.41 Å². The van der Waals surface area contributed by atoms with Gasteiger partial charge in [-0.25, -0.2) is 0 Å². The number of hydrogen-bond donors (Lipinski definition) is 0. The smallest absolute Gasteiger partial charge is 0.312 e. The highest BCUT2D eigenvalue weighted by molar-refractivity contribution is 5.78. The van der Waals surface area contributed by atoms with Gasteiger partial charge in [-0.3, -0.25) is 4.79 Å². The molecule has 5 rings (SSSR count). The van der Waals surface area contributed by atoms with Gasteiger partial charge in [0.25, 0.3) is 0 Å². The molecule has 5 aliphatic rings. The maximum atomic E-state index is 13.1. The van der Waals surface area contributed by atoms with E-state index in [1.165, 1.54) is 25.7 Å². The summed E-state index contributed by atoms with van der Waals surface area (Å²) in [5.74, 6) is 4.77. The minimum Gasteiger partial charge on any atom is -0.459 e. The van der Waals surface area contributed by atoms with E-state index in [-0.39, 0.29) is 17.0 Å². The van der Waals surface area contributed by atoms with Crippen LogP contribution in [0.5, 0.6) is 0 Å². The van der Waals surface area contributed by atoms with Gasteiger partial charge in [-0.1, -0.05) is 12.2 Å². The highest BCUT2D eigenvalue weighted by Gasteiger charge is 2.67. The van der Waals surface area contributed by atoms with Crippen LogP contribution in [0, 0.1) is 40.9 Å². The van der Waals surface area contributed by atoms with Gasteiger partial charge in [-0.15, -0.1) is 0 Å². The van der Waals surface area contributed by atoms with Crippen LogP contribution in [0.15, 0.2) is 12.2 Å². The Kier molecular flexibility index (Phi) is 2.59. The van der Waals surface area contributed by atoms with Crippen LogP contribution < -0.4 is 0 Å². The van der Waals surface area contributed by atoms with Crippen molar-refractivity contribution in [2.45, 2.75) is 64.4 Å². The first-order valence-corrected chi connectivity index (χ1v) is 9.42. The summed E-state index contributed by atoms with van der Waals surface area (Å²) in [7, 11) is 0. The maximum absolute atomic E-state index is 13.1. The van der Waals surface area contributed by atoms with Gasteiger partial charge in [0.2, 0.25) is 0 Å². The molecule has 2 heteroatoms. The largest absolute Gasteiger partial charge is 0.459 e. The van der Waals surface area contributed by atoms with Gasteiger partial charge in [0.1, 0.15) is 5.60 Å². The third-order valence-corrected chi connectivity index (χ3v) is 8.12. The van der Waals surface area contributed by atoms with Crippen molar-refractivity contribution >= 4 is 5.97 Å². The topological polar surface area (TPSA) is 26.3 Å². The van der Waals surface area contributed by atoms with Crippen LogP contribution in [-0.2, 0) is 9.53 Å². The van der Waals surface area contributed by atoms with Gasteiger partial charge in [-0.2, -0.15) is 0 Å². The predicted molar refractivity (Wildman–Crippen MR) is 85.0 cm³/mol. The Morgan fingerprint density at radius 2 is 1.73 bits per heavy atom. The summed E-state index contributed by atoms with van der Waals surface area (Å²) >= 11 is 0. The van der Waals surface area contributed by atoms with E-state index in [1.54, 1.807) is 0 Å². The van der Waals surface area contributed by atoms with Crippen molar-refractivity contribution in [2.75, 3.05) is 0 Å². The summed E-state index contributed by atoms with van der Waals surface area (Å²) in [4.78, 5) is 13.1. The second-order valence-electron chi connectivity index (χ2n) is 9.37. The Balaban J connectivity index is 1.39. The van der Waals surface area contributed by atoms with E-state index in [1.807, 2.05) is 0 Å². The fourth-order valence-electron chi connectivity index (χ4n) is 7.17. The van der Waals surface area contributed by atoms with Gasteiger partial charge in [-0.05, 0) is 94.3 Å². The molecular weight excluding hydrogens is 272 g/mol. The summed E-state index contributed by atoms with van der Waals surface area (Å²) in [6.07, 6.45) is 13.2. The van der Waals surface area contributed by atoms with Crippen LogP contribution in [0.25, 0.3) is 0 Å². The molecule has 0 N–H and O–H groups in total. The molecule has 5 aliphatic carbocycles. The lowest BCUT2D eigenvalue weighted by atomic mass is 9.63. The van der Waals surface area contributed by atoms with Crippen LogP contribution in [0.4, 0.5) is 0 Å². The van der Waals surface area contributed by atoms with E-state index in [2.05, 4.69) is 26.0 Å². The number of esters is 1. The summed E-state index contributed by atoms with van der Waals surface area (Å²) in [6.45, 7) is 4.38. The zero-order valence-electron chi connectivity index (χ0n) is 13.9. The lowest BCUT2D eigenvalue weighted by Crippen LogP contribution is -2.45. The second kappa shape index (κ2) is 4.19. The highest BCUT2D eigenvalue weighted by Crippen LogP contribution is 2.70. The molecule has 22 heavy (non-hydrogen) atoms. The summed E-state index contributed by atoms with van der Waals surface area (Å²) in [6, 6.07) is 0. The average Bonchev–Trinajstić information content (AvgIpc) is 3.22. The summed E-state index contributed by atoms with van der Waals surface area (Å²) in [5.41, 5.74) is -0.369. The first-order valence-electron chi connectivity index (χ1n) is 9.42. The molecule has 0 heterocycles.